The average molecular weight is 369 g/mol. The molecule has 25 heavy (non-hydrogen) atoms. The van der Waals surface area contributed by atoms with Crippen LogP contribution < -0.4 is 5.32 Å². The van der Waals surface area contributed by atoms with Crippen molar-refractivity contribution in [2.45, 2.75) is 36.7 Å². The maximum absolute atomic E-state index is 12.5. The predicted octanol–water partition coefficient (Wildman–Crippen LogP) is 1.03. The second kappa shape index (κ2) is 8.44. The van der Waals surface area contributed by atoms with E-state index in [-0.39, 0.29) is 12.1 Å². The van der Waals surface area contributed by atoms with E-state index >= 15 is 0 Å². The van der Waals surface area contributed by atoms with Gasteiger partial charge in [0.25, 0.3) is 0 Å². The molecular formula is C17H23NO6S. The molecule has 1 aliphatic rings. The van der Waals surface area contributed by atoms with Gasteiger partial charge in [-0.3, -0.25) is 4.79 Å². The first kappa shape index (κ1) is 19.4. The van der Waals surface area contributed by atoms with Crippen LogP contribution in [0.4, 0.5) is 0 Å². The first-order valence-electron chi connectivity index (χ1n) is 8.22. The third kappa shape index (κ3) is 5.02. The van der Waals surface area contributed by atoms with Gasteiger partial charge in [0, 0.05) is 19.8 Å². The summed E-state index contributed by atoms with van der Waals surface area (Å²) in [6, 6.07) is 6.43. The van der Waals surface area contributed by atoms with Crippen LogP contribution in [-0.4, -0.2) is 55.7 Å². The Morgan fingerprint density at radius 2 is 2.00 bits per heavy atom. The summed E-state index contributed by atoms with van der Waals surface area (Å²) in [5, 5.41) is 9.95. The zero-order valence-electron chi connectivity index (χ0n) is 14.1. The van der Waals surface area contributed by atoms with Crippen molar-refractivity contribution < 1.29 is 27.9 Å². The molecule has 138 valence electrons. The highest BCUT2D eigenvalue weighted by atomic mass is 32.2. The Hall–Kier alpha value is -1.93. The van der Waals surface area contributed by atoms with Gasteiger partial charge in [-0.1, -0.05) is 12.1 Å². The molecule has 8 heteroatoms. The molecule has 1 amide bonds. The Balaban J connectivity index is 1.89. The lowest BCUT2D eigenvalue weighted by Gasteiger charge is -2.25. The van der Waals surface area contributed by atoms with Crippen molar-refractivity contribution in [1.82, 2.24) is 5.32 Å². The molecular weight excluding hydrogens is 346 g/mol. The molecule has 1 aromatic carbocycles. The number of hydrogen-bond donors (Lipinski definition) is 2. The van der Waals surface area contributed by atoms with E-state index in [1.807, 2.05) is 0 Å². The van der Waals surface area contributed by atoms with E-state index < -0.39 is 32.2 Å². The number of carboxylic acids is 1. The number of carbonyl (C=O) groups excluding carboxylic acids is 1. The summed E-state index contributed by atoms with van der Waals surface area (Å²) in [7, 11) is -3.54. The number of hydrogen-bond acceptors (Lipinski definition) is 5. The normalized spacial score (nSPS) is 17.0. The van der Waals surface area contributed by atoms with Crippen molar-refractivity contribution in [3.8, 4) is 0 Å². The monoisotopic (exact) mass is 369 g/mol. The maximum Gasteiger partial charge on any atom is 0.335 e. The SMILES string of the molecule is CC(C(=O)NCCc1cccc(C(=O)O)c1)S(=O)(=O)C1CCOCC1. The molecule has 2 rings (SSSR count). The van der Waals surface area contributed by atoms with Gasteiger partial charge in [0.15, 0.2) is 9.84 Å². The number of carbonyl (C=O) groups is 2. The molecule has 7 nitrogen and oxygen atoms in total. The topological polar surface area (TPSA) is 110 Å². The van der Waals surface area contributed by atoms with E-state index in [2.05, 4.69) is 5.32 Å². The highest BCUT2D eigenvalue weighted by Gasteiger charge is 2.36. The van der Waals surface area contributed by atoms with Gasteiger partial charge in [-0.15, -0.1) is 0 Å². The average Bonchev–Trinajstić information content (AvgIpc) is 2.62. The summed E-state index contributed by atoms with van der Waals surface area (Å²) in [4.78, 5) is 23.1. The molecule has 1 aromatic rings. The van der Waals surface area contributed by atoms with Crippen molar-refractivity contribution >= 4 is 21.7 Å². The van der Waals surface area contributed by atoms with Crippen LogP contribution in [0.25, 0.3) is 0 Å². The van der Waals surface area contributed by atoms with E-state index in [1.165, 1.54) is 19.1 Å². The Bertz CT molecular complexity index is 724. The van der Waals surface area contributed by atoms with Crippen molar-refractivity contribution in [2.75, 3.05) is 19.8 Å². The molecule has 0 bridgehead atoms. The molecule has 0 aliphatic carbocycles. The van der Waals surface area contributed by atoms with Gasteiger partial charge in [0.1, 0.15) is 5.25 Å². The molecule has 1 fully saturated rings. The zero-order valence-corrected chi connectivity index (χ0v) is 14.9. The van der Waals surface area contributed by atoms with Gasteiger partial charge < -0.3 is 15.2 Å². The smallest absolute Gasteiger partial charge is 0.335 e. The number of rotatable bonds is 7. The zero-order chi connectivity index (χ0) is 18.4. The summed E-state index contributed by atoms with van der Waals surface area (Å²) < 4.78 is 30.2. The third-order valence-corrected chi connectivity index (χ3v) is 6.98. The molecule has 0 spiro atoms. The summed E-state index contributed by atoms with van der Waals surface area (Å²) in [6.45, 7) is 2.46. The van der Waals surface area contributed by atoms with E-state index in [4.69, 9.17) is 9.84 Å². The van der Waals surface area contributed by atoms with Gasteiger partial charge in [0.2, 0.25) is 5.91 Å². The van der Waals surface area contributed by atoms with Gasteiger partial charge in [-0.25, -0.2) is 13.2 Å². The highest BCUT2D eigenvalue weighted by molar-refractivity contribution is 7.93. The standard InChI is InChI=1S/C17H23NO6S/c1-12(25(22,23)15-6-9-24-10-7-15)16(19)18-8-5-13-3-2-4-14(11-13)17(20)21/h2-4,11-12,15H,5-10H2,1H3,(H,18,19)(H,20,21). The minimum atomic E-state index is -3.54. The van der Waals surface area contributed by atoms with Crippen molar-refractivity contribution in [3.05, 3.63) is 35.4 Å². The Morgan fingerprint density at radius 3 is 2.64 bits per heavy atom. The van der Waals surface area contributed by atoms with Crippen molar-refractivity contribution in [1.29, 1.82) is 0 Å². The Labute approximate surface area is 147 Å². The lowest BCUT2D eigenvalue weighted by Crippen LogP contribution is -2.44. The van der Waals surface area contributed by atoms with E-state index in [9.17, 15) is 18.0 Å². The molecule has 1 unspecified atom stereocenters. The second-order valence-electron chi connectivity index (χ2n) is 6.09. The summed E-state index contributed by atoms with van der Waals surface area (Å²) >= 11 is 0. The number of aromatic carboxylic acids is 1. The quantitative estimate of drug-likeness (QED) is 0.743. The molecule has 1 heterocycles. The van der Waals surface area contributed by atoms with E-state index in [0.717, 1.165) is 5.56 Å². The number of benzene rings is 1. The number of ether oxygens (including phenoxy) is 1. The first-order valence-corrected chi connectivity index (χ1v) is 9.83. The summed E-state index contributed by atoms with van der Waals surface area (Å²) in [5.41, 5.74) is 0.944. The fourth-order valence-electron chi connectivity index (χ4n) is 2.78. The predicted molar refractivity (Wildman–Crippen MR) is 92.3 cm³/mol. The van der Waals surface area contributed by atoms with Gasteiger partial charge in [-0.2, -0.15) is 0 Å². The molecule has 0 saturated carbocycles. The first-order chi connectivity index (χ1) is 11.8. The lowest BCUT2D eigenvalue weighted by molar-refractivity contribution is -0.120. The van der Waals surface area contributed by atoms with E-state index in [0.29, 0.717) is 32.5 Å². The highest BCUT2D eigenvalue weighted by Crippen LogP contribution is 2.20. The maximum atomic E-state index is 12.5. The number of sulfone groups is 1. The van der Waals surface area contributed by atoms with Crippen LogP contribution in [-0.2, 0) is 25.8 Å². The number of carboxylic acid groups (broad SMARTS) is 1. The van der Waals surface area contributed by atoms with Gasteiger partial charge in [0.05, 0.1) is 10.8 Å². The minimum absolute atomic E-state index is 0.180. The van der Waals surface area contributed by atoms with Crippen LogP contribution in [0.5, 0.6) is 0 Å². The number of amides is 1. The molecule has 0 radical (unpaired) electrons. The van der Waals surface area contributed by atoms with Gasteiger partial charge >= 0.3 is 5.97 Å². The Morgan fingerprint density at radius 1 is 1.32 bits per heavy atom. The summed E-state index contributed by atoms with van der Waals surface area (Å²) in [6.07, 6.45) is 1.26. The second-order valence-corrected chi connectivity index (χ2v) is 8.64. The summed E-state index contributed by atoms with van der Waals surface area (Å²) in [5.74, 6) is -1.54. The van der Waals surface area contributed by atoms with Crippen LogP contribution in [0.3, 0.4) is 0 Å². The molecule has 1 aliphatic heterocycles. The van der Waals surface area contributed by atoms with Crippen molar-refractivity contribution in [3.63, 3.8) is 0 Å². The molecule has 2 N–H and O–H groups in total. The van der Waals surface area contributed by atoms with Crippen LogP contribution in [0.1, 0.15) is 35.7 Å². The van der Waals surface area contributed by atoms with Crippen LogP contribution in [0.2, 0.25) is 0 Å². The molecule has 0 aromatic heterocycles. The minimum Gasteiger partial charge on any atom is -0.478 e. The molecule has 1 saturated heterocycles. The van der Waals surface area contributed by atoms with Crippen LogP contribution in [0, 0.1) is 0 Å². The Kier molecular flexibility index (Phi) is 6.55. The fraction of sp³-hybridized carbons (Fsp3) is 0.529. The molecule has 1 atom stereocenters. The van der Waals surface area contributed by atoms with E-state index in [1.54, 1.807) is 12.1 Å². The fourth-order valence-corrected chi connectivity index (χ4v) is 4.58. The van der Waals surface area contributed by atoms with Crippen LogP contribution in [0.15, 0.2) is 24.3 Å². The van der Waals surface area contributed by atoms with Crippen LogP contribution >= 0.6 is 0 Å². The van der Waals surface area contributed by atoms with Crippen molar-refractivity contribution in [2.24, 2.45) is 0 Å². The lowest BCUT2D eigenvalue weighted by atomic mass is 10.1. The largest absolute Gasteiger partial charge is 0.478 e. The number of nitrogens with one attached hydrogen (secondary N) is 1. The van der Waals surface area contributed by atoms with Gasteiger partial charge in [-0.05, 0) is 43.9 Å². The third-order valence-electron chi connectivity index (χ3n) is 4.38.